The summed E-state index contributed by atoms with van der Waals surface area (Å²) in [4.78, 5) is 13.4. The second kappa shape index (κ2) is 8.05. The number of hydrogen-bond donors (Lipinski definition) is 2. The van der Waals surface area contributed by atoms with Gasteiger partial charge in [0.05, 0.1) is 19.3 Å². The summed E-state index contributed by atoms with van der Waals surface area (Å²) in [7, 11) is 1.65. The number of fused-ring (bicyclic) bond motifs is 1. The summed E-state index contributed by atoms with van der Waals surface area (Å²) < 4.78 is 10.8. The second-order valence-corrected chi connectivity index (χ2v) is 6.30. The van der Waals surface area contributed by atoms with Crippen molar-refractivity contribution in [2.45, 2.75) is 12.5 Å². The Morgan fingerprint density at radius 2 is 2.04 bits per heavy atom. The van der Waals surface area contributed by atoms with Crippen LogP contribution in [0.15, 0.2) is 48.5 Å². The molecule has 1 amide bonds. The number of rotatable bonds is 5. The highest BCUT2D eigenvalue weighted by atomic mass is 32.1. The fourth-order valence-corrected chi connectivity index (χ4v) is 3.05. The number of nitrogens with two attached hydrogens (primary N) is 1. The molecule has 0 saturated heterocycles. The summed E-state index contributed by atoms with van der Waals surface area (Å²) in [6, 6.07) is 15.4. The lowest BCUT2D eigenvalue weighted by molar-refractivity contribution is -0.124. The van der Waals surface area contributed by atoms with Gasteiger partial charge in [-0.1, -0.05) is 24.3 Å². The Morgan fingerprint density at radius 3 is 2.73 bits per heavy atom. The molecule has 1 unspecified atom stereocenters. The first-order chi connectivity index (χ1) is 12.6. The van der Waals surface area contributed by atoms with E-state index in [0.29, 0.717) is 24.0 Å². The predicted molar refractivity (Wildman–Crippen MR) is 105 cm³/mol. The first-order valence-electron chi connectivity index (χ1n) is 8.32. The van der Waals surface area contributed by atoms with Crippen molar-refractivity contribution in [1.29, 1.82) is 0 Å². The molecule has 26 heavy (non-hydrogen) atoms. The lowest BCUT2D eigenvalue weighted by Gasteiger charge is -2.35. The van der Waals surface area contributed by atoms with Crippen LogP contribution in [0.4, 0.5) is 5.69 Å². The number of benzene rings is 2. The molecule has 6 nitrogen and oxygen atoms in total. The quantitative estimate of drug-likeness (QED) is 0.782. The molecule has 0 aromatic heterocycles. The zero-order chi connectivity index (χ0) is 18.5. The van der Waals surface area contributed by atoms with Crippen LogP contribution in [0.3, 0.4) is 0 Å². The number of thiocarbonyl (C=S) groups is 1. The van der Waals surface area contributed by atoms with Crippen LogP contribution in [0.2, 0.25) is 0 Å². The van der Waals surface area contributed by atoms with E-state index in [0.717, 1.165) is 17.9 Å². The van der Waals surface area contributed by atoms with Crippen LogP contribution in [0.5, 0.6) is 11.5 Å². The fourth-order valence-electron chi connectivity index (χ4n) is 2.78. The number of nitrogens with zero attached hydrogens (tertiary/aromatic N) is 1. The Morgan fingerprint density at radius 1 is 1.31 bits per heavy atom. The lowest BCUT2D eigenvalue weighted by Crippen LogP contribution is -2.52. The Balaban J connectivity index is 1.63. The number of nitrogens with one attached hydrogen (secondary N) is 1. The zero-order valence-electron chi connectivity index (χ0n) is 14.5. The first-order valence-corrected chi connectivity index (χ1v) is 8.72. The highest BCUT2D eigenvalue weighted by molar-refractivity contribution is 7.80. The third-order valence-corrected chi connectivity index (χ3v) is 4.55. The number of carbonyl (C=O) groups is 1. The van der Waals surface area contributed by atoms with E-state index >= 15 is 0 Å². The maximum absolute atomic E-state index is 11.6. The van der Waals surface area contributed by atoms with Gasteiger partial charge in [-0.2, -0.15) is 0 Å². The van der Waals surface area contributed by atoms with Crippen molar-refractivity contribution in [3.8, 4) is 11.5 Å². The molecule has 0 radical (unpaired) electrons. The van der Waals surface area contributed by atoms with Crippen LogP contribution in [-0.2, 0) is 11.2 Å². The molecule has 1 aliphatic rings. The Labute approximate surface area is 157 Å². The number of anilines is 1. The van der Waals surface area contributed by atoms with Crippen LogP contribution in [0.1, 0.15) is 5.56 Å². The van der Waals surface area contributed by atoms with E-state index in [1.807, 2.05) is 47.4 Å². The van der Waals surface area contributed by atoms with Gasteiger partial charge in [0.2, 0.25) is 0 Å². The molecule has 1 heterocycles. The minimum absolute atomic E-state index is 0.292. The normalized spacial score (nSPS) is 15.6. The maximum atomic E-state index is 11.6. The molecule has 7 heteroatoms. The van der Waals surface area contributed by atoms with Gasteiger partial charge >= 0.3 is 0 Å². The Bertz CT molecular complexity index is 795. The molecule has 2 aromatic rings. The largest absolute Gasteiger partial charge is 0.497 e. The lowest BCUT2D eigenvalue weighted by atomic mass is 10.1. The molecule has 2 aromatic carbocycles. The molecule has 0 bridgehead atoms. The smallest absolute Gasteiger partial charge is 0.260 e. The standard InChI is InChI=1S/C19H21N3O3S/c1-24-14-8-6-13(7-9-14)10-11-21-19(26)22-12-17(18(20)23)25-16-5-3-2-4-15(16)22/h2-9,17H,10-12H2,1H3,(H2,20,23)(H,21,26). The van der Waals surface area contributed by atoms with Gasteiger partial charge in [0.25, 0.3) is 5.91 Å². The number of primary amides is 1. The van der Waals surface area contributed by atoms with E-state index in [2.05, 4.69) is 5.32 Å². The summed E-state index contributed by atoms with van der Waals surface area (Å²) in [5, 5.41) is 3.79. The van der Waals surface area contributed by atoms with Crippen LogP contribution < -0.4 is 25.4 Å². The summed E-state index contributed by atoms with van der Waals surface area (Å²) in [6.45, 7) is 0.965. The van der Waals surface area contributed by atoms with Gasteiger partial charge in [-0.05, 0) is 48.5 Å². The minimum Gasteiger partial charge on any atom is -0.497 e. The Hall–Kier alpha value is -2.80. The first kappa shape index (κ1) is 18.0. The molecule has 3 rings (SSSR count). The van der Waals surface area contributed by atoms with Gasteiger partial charge in [-0.25, -0.2) is 0 Å². The van der Waals surface area contributed by atoms with Crippen molar-refractivity contribution in [3.63, 3.8) is 0 Å². The van der Waals surface area contributed by atoms with Gasteiger partial charge in [0, 0.05) is 6.54 Å². The highest BCUT2D eigenvalue weighted by Crippen LogP contribution is 2.33. The molecule has 0 saturated carbocycles. The van der Waals surface area contributed by atoms with Gasteiger partial charge in [-0.3, -0.25) is 4.79 Å². The van der Waals surface area contributed by atoms with Crippen molar-refractivity contribution in [3.05, 3.63) is 54.1 Å². The molecular formula is C19H21N3O3S. The number of hydrogen-bond acceptors (Lipinski definition) is 4. The van der Waals surface area contributed by atoms with E-state index in [1.165, 1.54) is 5.56 Å². The SMILES string of the molecule is COc1ccc(CCNC(=S)N2CC(C(N)=O)Oc3ccccc32)cc1. The molecule has 0 fully saturated rings. The monoisotopic (exact) mass is 371 g/mol. The maximum Gasteiger partial charge on any atom is 0.260 e. The van der Waals surface area contributed by atoms with E-state index in [4.69, 9.17) is 27.4 Å². The van der Waals surface area contributed by atoms with Crippen LogP contribution in [0.25, 0.3) is 0 Å². The van der Waals surface area contributed by atoms with Crippen molar-refractivity contribution < 1.29 is 14.3 Å². The molecule has 136 valence electrons. The number of para-hydroxylation sites is 2. The molecule has 1 aliphatic heterocycles. The fraction of sp³-hybridized carbons (Fsp3) is 0.263. The molecule has 0 spiro atoms. The van der Waals surface area contributed by atoms with Crippen molar-refractivity contribution in [2.24, 2.45) is 5.73 Å². The summed E-state index contributed by atoms with van der Waals surface area (Å²) in [5.74, 6) is 0.923. The van der Waals surface area contributed by atoms with E-state index in [1.54, 1.807) is 13.2 Å². The number of amides is 1. The van der Waals surface area contributed by atoms with Crippen molar-refractivity contribution in [1.82, 2.24) is 5.32 Å². The zero-order valence-corrected chi connectivity index (χ0v) is 15.3. The predicted octanol–water partition coefficient (Wildman–Crippen LogP) is 1.87. The summed E-state index contributed by atoms with van der Waals surface area (Å²) in [6.07, 6.45) is 0.0845. The second-order valence-electron chi connectivity index (χ2n) is 5.92. The van der Waals surface area contributed by atoms with Gasteiger partial charge in [0.15, 0.2) is 11.2 Å². The molecule has 0 aliphatic carbocycles. The third kappa shape index (κ3) is 4.05. The molecule has 1 atom stereocenters. The average Bonchev–Trinajstić information content (AvgIpc) is 2.67. The highest BCUT2D eigenvalue weighted by Gasteiger charge is 2.30. The molecule has 3 N–H and O–H groups in total. The van der Waals surface area contributed by atoms with Gasteiger partial charge < -0.3 is 25.4 Å². The topological polar surface area (TPSA) is 76.8 Å². The summed E-state index contributed by atoms with van der Waals surface area (Å²) in [5.41, 5.74) is 7.43. The van der Waals surface area contributed by atoms with Crippen LogP contribution in [0, 0.1) is 0 Å². The van der Waals surface area contributed by atoms with Gasteiger partial charge in [-0.15, -0.1) is 0 Å². The van der Waals surface area contributed by atoms with Crippen molar-refractivity contribution in [2.75, 3.05) is 25.1 Å². The number of ether oxygens (including phenoxy) is 2. The van der Waals surface area contributed by atoms with E-state index in [9.17, 15) is 4.79 Å². The van der Waals surface area contributed by atoms with Crippen LogP contribution in [-0.4, -0.2) is 37.3 Å². The van der Waals surface area contributed by atoms with Crippen LogP contribution >= 0.6 is 12.2 Å². The van der Waals surface area contributed by atoms with E-state index in [-0.39, 0.29) is 0 Å². The van der Waals surface area contributed by atoms with Gasteiger partial charge in [0.1, 0.15) is 11.5 Å². The molecular weight excluding hydrogens is 350 g/mol. The average molecular weight is 371 g/mol. The Kier molecular flexibility index (Phi) is 5.58. The number of methoxy groups -OCH3 is 1. The van der Waals surface area contributed by atoms with E-state index < -0.39 is 12.0 Å². The number of carbonyl (C=O) groups excluding carboxylic acids is 1. The minimum atomic E-state index is -0.730. The summed E-state index contributed by atoms with van der Waals surface area (Å²) >= 11 is 5.53. The van der Waals surface area contributed by atoms with Crippen molar-refractivity contribution >= 4 is 28.9 Å². The third-order valence-electron chi connectivity index (χ3n) is 4.19.